The van der Waals surface area contributed by atoms with Gasteiger partial charge in [0.05, 0.1) is 5.56 Å². The van der Waals surface area contributed by atoms with E-state index in [2.05, 4.69) is 0 Å². The number of nitrogens with two attached hydrogens (primary N) is 1. The summed E-state index contributed by atoms with van der Waals surface area (Å²) < 4.78 is 10.2. The summed E-state index contributed by atoms with van der Waals surface area (Å²) in [5.41, 5.74) is 6.37. The molecular weight excluding hydrogens is 336 g/mol. The van der Waals surface area contributed by atoms with Gasteiger partial charge in [-0.2, -0.15) is 0 Å². The van der Waals surface area contributed by atoms with E-state index in [0.717, 1.165) is 5.56 Å². The summed E-state index contributed by atoms with van der Waals surface area (Å²) >= 11 is 0. The Morgan fingerprint density at radius 2 is 1.62 bits per heavy atom. The summed E-state index contributed by atoms with van der Waals surface area (Å²) in [5.74, 6) is -1.53. The van der Waals surface area contributed by atoms with Crippen molar-refractivity contribution in [3.05, 3.63) is 65.7 Å². The zero-order valence-electron chi connectivity index (χ0n) is 14.4. The van der Waals surface area contributed by atoms with Crippen LogP contribution in [0.25, 0.3) is 0 Å². The maximum absolute atomic E-state index is 12.0. The van der Waals surface area contributed by atoms with Crippen molar-refractivity contribution in [1.82, 2.24) is 4.90 Å². The minimum atomic E-state index is -0.717. The zero-order valence-corrected chi connectivity index (χ0v) is 14.4. The number of ether oxygens (including phenoxy) is 2. The van der Waals surface area contributed by atoms with E-state index >= 15 is 0 Å². The Morgan fingerprint density at radius 1 is 0.962 bits per heavy atom. The number of esters is 1. The lowest BCUT2D eigenvalue weighted by molar-refractivity contribution is -0.153. The molecule has 0 aliphatic rings. The lowest BCUT2D eigenvalue weighted by Gasteiger charge is -2.17. The van der Waals surface area contributed by atoms with Gasteiger partial charge in [0.2, 0.25) is 0 Å². The number of likely N-dealkylation sites (N-methyl/N-ethyl adjacent to an activating group) is 1. The Labute approximate surface area is 151 Å². The van der Waals surface area contributed by atoms with Crippen molar-refractivity contribution in [1.29, 1.82) is 0 Å². The lowest BCUT2D eigenvalue weighted by atomic mass is 10.2. The Morgan fingerprint density at radius 3 is 2.31 bits per heavy atom. The monoisotopic (exact) mass is 356 g/mol. The molecule has 2 rings (SSSR count). The van der Waals surface area contributed by atoms with E-state index < -0.39 is 18.5 Å². The van der Waals surface area contributed by atoms with Crippen LogP contribution in [-0.2, 0) is 20.9 Å². The van der Waals surface area contributed by atoms with E-state index in [1.807, 2.05) is 30.3 Å². The molecule has 0 aromatic heterocycles. The van der Waals surface area contributed by atoms with Crippen molar-refractivity contribution in [3.63, 3.8) is 0 Å². The fraction of sp³-hybridized carbons (Fsp3) is 0.211. The van der Waals surface area contributed by atoms with Crippen LogP contribution < -0.4 is 10.5 Å². The predicted molar refractivity (Wildman–Crippen MR) is 94.3 cm³/mol. The molecule has 2 amide bonds. The van der Waals surface area contributed by atoms with Gasteiger partial charge in [0.15, 0.2) is 13.2 Å². The molecule has 0 saturated carbocycles. The van der Waals surface area contributed by atoms with E-state index in [0.29, 0.717) is 6.54 Å². The smallest absolute Gasteiger partial charge is 0.344 e. The number of carbonyl (C=O) groups excluding carboxylic acids is 3. The number of hydrogen-bond acceptors (Lipinski definition) is 5. The van der Waals surface area contributed by atoms with Gasteiger partial charge in [0.25, 0.3) is 11.8 Å². The normalized spacial score (nSPS) is 10.0. The summed E-state index contributed by atoms with van der Waals surface area (Å²) in [4.78, 5) is 36.5. The molecule has 7 nitrogen and oxygen atoms in total. The van der Waals surface area contributed by atoms with Gasteiger partial charge >= 0.3 is 5.97 Å². The van der Waals surface area contributed by atoms with Gasteiger partial charge < -0.3 is 20.1 Å². The van der Waals surface area contributed by atoms with Crippen LogP contribution in [0.1, 0.15) is 15.9 Å². The van der Waals surface area contributed by atoms with Crippen LogP contribution in [-0.4, -0.2) is 42.9 Å². The summed E-state index contributed by atoms with van der Waals surface area (Å²) in [5, 5.41) is 0. The Hall–Kier alpha value is -3.35. The molecule has 0 bridgehead atoms. The molecule has 136 valence electrons. The molecule has 0 unspecified atom stereocenters. The lowest BCUT2D eigenvalue weighted by Crippen LogP contribution is -2.31. The van der Waals surface area contributed by atoms with Gasteiger partial charge in [-0.1, -0.05) is 42.5 Å². The third-order valence-electron chi connectivity index (χ3n) is 3.54. The number of carbonyl (C=O) groups is 3. The number of para-hydroxylation sites is 1. The van der Waals surface area contributed by atoms with E-state index in [4.69, 9.17) is 15.2 Å². The molecule has 0 atom stereocenters. The first kappa shape index (κ1) is 19.0. The van der Waals surface area contributed by atoms with Crippen molar-refractivity contribution < 1.29 is 23.9 Å². The minimum Gasteiger partial charge on any atom is -0.481 e. The van der Waals surface area contributed by atoms with Gasteiger partial charge in [-0.25, -0.2) is 4.79 Å². The van der Waals surface area contributed by atoms with Crippen molar-refractivity contribution in [2.45, 2.75) is 6.54 Å². The molecule has 0 heterocycles. The van der Waals surface area contributed by atoms with Gasteiger partial charge in [0, 0.05) is 13.6 Å². The third kappa shape index (κ3) is 5.62. The van der Waals surface area contributed by atoms with Crippen LogP contribution in [0.5, 0.6) is 5.75 Å². The molecular formula is C19H20N2O5. The summed E-state index contributed by atoms with van der Waals surface area (Å²) in [6.07, 6.45) is 0. The van der Waals surface area contributed by atoms with Gasteiger partial charge in [-0.3, -0.25) is 9.59 Å². The first-order valence-corrected chi connectivity index (χ1v) is 7.92. The van der Waals surface area contributed by atoms with Crippen LogP contribution in [0.3, 0.4) is 0 Å². The number of primary amides is 1. The molecule has 7 heteroatoms. The van der Waals surface area contributed by atoms with Crippen molar-refractivity contribution in [2.24, 2.45) is 5.73 Å². The fourth-order valence-electron chi connectivity index (χ4n) is 2.17. The molecule has 0 aliphatic carbocycles. The molecule has 0 radical (unpaired) electrons. The maximum atomic E-state index is 12.0. The second kappa shape index (κ2) is 9.22. The second-order valence-electron chi connectivity index (χ2n) is 5.55. The molecule has 0 aliphatic heterocycles. The highest BCUT2D eigenvalue weighted by Crippen LogP contribution is 2.17. The van der Waals surface area contributed by atoms with Crippen LogP contribution >= 0.6 is 0 Å². The van der Waals surface area contributed by atoms with E-state index in [1.165, 1.54) is 17.0 Å². The van der Waals surface area contributed by atoms with Crippen molar-refractivity contribution in [3.8, 4) is 5.75 Å². The fourth-order valence-corrected chi connectivity index (χ4v) is 2.17. The second-order valence-corrected chi connectivity index (χ2v) is 5.55. The largest absolute Gasteiger partial charge is 0.481 e. The summed E-state index contributed by atoms with van der Waals surface area (Å²) in [6.45, 7) is -0.400. The molecule has 26 heavy (non-hydrogen) atoms. The highest BCUT2D eigenvalue weighted by molar-refractivity contribution is 5.95. The number of benzene rings is 2. The number of nitrogens with zero attached hydrogens (tertiary/aromatic N) is 1. The van der Waals surface area contributed by atoms with Crippen LogP contribution in [0, 0.1) is 0 Å². The molecule has 0 saturated heterocycles. The molecule has 2 aromatic rings. The van der Waals surface area contributed by atoms with Crippen LogP contribution in [0.4, 0.5) is 0 Å². The van der Waals surface area contributed by atoms with Crippen molar-refractivity contribution >= 4 is 17.8 Å². The van der Waals surface area contributed by atoms with Gasteiger partial charge in [-0.15, -0.1) is 0 Å². The number of amides is 2. The van der Waals surface area contributed by atoms with Crippen LogP contribution in [0.2, 0.25) is 0 Å². The van der Waals surface area contributed by atoms with Gasteiger partial charge in [0.1, 0.15) is 5.75 Å². The summed E-state index contributed by atoms with van der Waals surface area (Å²) in [6, 6.07) is 15.8. The Bertz CT molecular complexity index is 777. The highest BCUT2D eigenvalue weighted by atomic mass is 16.6. The third-order valence-corrected chi connectivity index (χ3v) is 3.54. The SMILES string of the molecule is CN(Cc1ccccc1)C(=O)COC(=O)COc1ccccc1C(N)=O. The first-order chi connectivity index (χ1) is 12.5. The Balaban J connectivity index is 1.78. The Kier molecular flexibility index (Phi) is 6.73. The summed E-state index contributed by atoms with van der Waals surface area (Å²) in [7, 11) is 1.63. The average molecular weight is 356 g/mol. The van der Waals surface area contributed by atoms with Crippen molar-refractivity contribution in [2.75, 3.05) is 20.3 Å². The topological polar surface area (TPSA) is 98.9 Å². The molecule has 2 N–H and O–H groups in total. The standard InChI is InChI=1S/C19H20N2O5/c1-21(11-14-7-3-2-4-8-14)17(22)12-26-18(23)13-25-16-10-6-5-9-15(16)19(20)24/h2-10H,11-13H2,1H3,(H2,20,24). The number of hydrogen-bond donors (Lipinski definition) is 1. The number of rotatable bonds is 8. The highest BCUT2D eigenvalue weighted by Gasteiger charge is 2.14. The molecule has 2 aromatic carbocycles. The minimum absolute atomic E-state index is 0.166. The quantitative estimate of drug-likeness (QED) is 0.720. The molecule has 0 fully saturated rings. The van der Waals surface area contributed by atoms with Crippen LogP contribution in [0.15, 0.2) is 54.6 Å². The maximum Gasteiger partial charge on any atom is 0.344 e. The zero-order chi connectivity index (χ0) is 18.9. The van der Waals surface area contributed by atoms with E-state index in [1.54, 1.807) is 19.2 Å². The average Bonchev–Trinajstić information content (AvgIpc) is 2.65. The predicted octanol–water partition coefficient (Wildman–Crippen LogP) is 1.37. The van der Waals surface area contributed by atoms with E-state index in [-0.39, 0.29) is 23.8 Å². The van der Waals surface area contributed by atoms with Gasteiger partial charge in [-0.05, 0) is 17.7 Å². The molecule has 0 spiro atoms. The first-order valence-electron chi connectivity index (χ1n) is 7.92. The van der Waals surface area contributed by atoms with E-state index in [9.17, 15) is 14.4 Å².